The third kappa shape index (κ3) is 5.15. The molecule has 0 unspecified atom stereocenters. The maximum atomic E-state index is 10.6. The molecular formula is C14H15N3O3S. The summed E-state index contributed by atoms with van der Waals surface area (Å²) in [6.45, 7) is 5.32. The van der Waals surface area contributed by atoms with Gasteiger partial charge in [-0.3, -0.25) is 4.99 Å². The molecule has 0 aliphatic carbocycles. The largest absolute Gasteiger partial charge is 0.477 e. The molecule has 1 aromatic heterocycles. The SMILES string of the molecule is C=N/C(=C\C)c1ccc(OC/C(N)=C/C(=S)C(=O)O)nc1. The first-order valence-electron chi connectivity index (χ1n) is 5.93. The van der Waals surface area contributed by atoms with E-state index in [1.807, 2.05) is 13.0 Å². The minimum absolute atomic E-state index is 0.00402. The number of hydrogen-bond acceptors (Lipinski definition) is 6. The number of nitrogens with two attached hydrogens (primary N) is 1. The lowest BCUT2D eigenvalue weighted by Gasteiger charge is -2.06. The summed E-state index contributed by atoms with van der Waals surface area (Å²) < 4.78 is 5.33. The van der Waals surface area contributed by atoms with Crippen LogP contribution in [0.25, 0.3) is 5.70 Å². The second-order valence-electron chi connectivity index (χ2n) is 3.89. The van der Waals surface area contributed by atoms with Gasteiger partial charge in [0.1, 0.15) is 11.5 Å². The number of allylic oxidation sites excluding steroid dienone is 1. The Balaban J connectivity index is 2.67. The number of carboxylic acid groups (broad SMARTS) is 1. The first-order chi connectivity index (χ1) is 9.97. The molecule has 21 heavy (non-hydrogen) atoms. The minimum atomic E-state index is -1.20. The van der Waals surface area contributed by atoms with Gasteiger partial charge in [0.25, 0.3) is 0 Å². The van der Waals surface area contributed by atoms with Gasteiger partial charge < -0.3 is 15.6 Å². The normalized spacial score (nSPS) is 11.9. The van der Waals surface area contributed by atoms with Crippen molar-refractivity contribution in [2.24, 2.45) is 10.7 Å². The standard InChI is InChI=1S/C14H15N3O3S/c1-3-11(16-2)9-4-5-13(17-7-9)20-8-10(15)6-12(21)14(18)19/h3-7H,2,8,15H2,1H3,(H,18,19)/b10-6-,11-3-. The zero-order chi connectivity index (χ0) is 15.8. The maximum Gasteiger partial charge on any atom is 0.346 e. The highest BCUT2D eigenvalue weighted by Crippen LogP contribution is 2.16. The molecule has 0 atom stereocenters. The number of carbonyl (C=O) groups is 1. The summed E-state index contributed by atoms with van der Waals surface area (Å²) in [7, 11) is 0. The van der Waals surface area contributed by atoms with Crippen LogP contribution in [0.3, 0.4) is 0 Å². The van der Waals surface area contributed by atoms with E-state index in [0.717, 1.165) is 11.3 Å². The molecule has 1 aromatic rings. The van der Waals surface area contributed by atoms with Crippen molar-refractivity contribution in [3.63, 3.8) is 0 Å². The number of nitrogens with zero attached hydrogens (tertiary/aromatic N) is 2. The van der Waals surface area contributed by atoms with Gasteiger partial charge in [0.15, 0.2) is 0 Å². The van der Waals surface area contributed by atoms with E-state index in [9.17, 15) is 4.79 Å². The Bertz CT molecular complexity index is 606. The second kappa shape index (κ2) is 7.91. The molecule has 0 saturated carbocycles. The van der Waals surface area contributed by atoms with Crippen molar-refractivity contribution in [2.75, 3.05) is 6.61 Å². The number of rotatable bonds is 7. The van der Waals surface area contributed by atoms with Crippen molar-refractivity contribution >= 4 is 35.5 Å². The smallest absolute Gasteiger partial charge is 0.346 e. The number of carboxylic acids is 1. The molecular weight excluding hydrogens is 290 g/mol. The van der Waals surface area contributed by atoms with E-state index < -0.39 is 5.97 Å². The van der Waals surface area contributed by atoms with E-state index in [1.165, 1.54) is 6.08 Å². The number of aromatic nitrogens is 1. The van der Waals surface area contributed by atoms with E-state index in [2.05, 4.69) is 28.9 Å². The molecule has 0 radical (unpaired) electrons. The summed E-state index contributed by atoms with van der Waals surface area (Å²) in [5.41, 5.74) is 7.35. The number of pyridine rings is 1. The van der Waals surface area contributed by atoms with Crippen LogP contribution in [-0.2, 0) is 4.79 Å². The molecule has 0 amide bonds. The summed E-state index contributed by atoms with van der Waals surface area (Å²) in [5, 5.41) is 8.63. The molecule has 110 valence electrons. The predicted molar refractivity (Wildman–Crippen MR) is 85.4 cm³/mol. The number of hydrogen-bond donors (Lipinski definition) is 2. The van der Waals surface area contributed by atoms with Gasteiger partial charge in [-0.2, -0.15) is 0 Å². The average molecular weight is 305 g/mol. The van der Waals surface area contributed by atoms with Gasteiger partial charge in [0, 0.05) is 23.5 Å². The van der Waals surface area contributed by atoms with Gasteiger partial charge in [0.2, 0.25) is 5.88 Å². The molecule has 6 nitrogen and oxygen atoms in total. The van der Waals surface area contributed by atoms with Crippen molar-refractivity contribution in [3.05, 3.63) is 41.7 Å². The highest BCUT2D eigenvalue weighted by molar-refractivity contribution is 7.82. The molecule has 1 heterocycles. The molecule has 0 aromatic carbocycles. The van der Waals surface area contributed by atoms with Crippen LogP contribution in [0.15, 0.2) is 41.2 Å². The Morgan fingerprint density at radius 2 is 2.33 bits per heavy atom. The van der Waals surface area contributed by atoms with E-state index in [-0.39, 0.29) is 17.2 Å². The van der Waals surface area contributed by atoms with Crippen molar-refractivity contribution in [2.45, 2.75) is 6.92 Å². The molecule has 0 saturated heterocycles. The summed E-state index contributed by atoms with van der Waals surface area (Å²) in [5.74, 6) is -0.845. The Morgan fingerprint density at radius 1 is 1.62 bits per heavy atom. The molecule has 0 spiro atoms. The Morgan fingerprint density at radius 3 is 2.81 bits per heavy atom. The van der Waals surface area contributed by atoms with Crippen LogP contribution in [0.4, 0.5) is 0 Å². The molecule has 1 rings (SSSR count). The Hall–Kier alpha value is -2.54. The third-order valence-electron chi connectivity index (χ3n) is 2.39. The summed E-state index contributed by atoms with van der Waals surface area (Å²) >= 11 is 4.61. The molecule has 0 bridgehead atoms. The lowest BCUT2D eigenvalue weighted by atomic mass is 10.2. The predicted octanol–water partition coefficient (Wildman–Crippen LogP) is 1.82. The average Bonchev–Trinajstić information content (AvgIpc) is 2.47. The maximum absolute atomic E-state index is 10.6. The second-order valence-corrected chi connectivity index (χ2v) is 4.33. The van der Waals surface area contributed by atoms with Gasteiger partial charge >= 0.3 is 5.97 Å². The van der Waals surface area contributed by atoms with Crippen LogP contribution in [0.5, 0.6) is 5.88 Å². The van der Waals surface area contributed by atoms with Crippen molar-refractivity contribution in [3.8, 4) is 5.88 Å². The molecule has 7 heteroatoms. The van der Waals surface area contributed by atoms with Crippen LogP contribution in [0.1, 0.15) is 12.5 Å². The summed E-state index contributed by atoms with van der Waals surface area (Å²) in [4.78, 5) is 18.2. The fourth-order valence-corrected chi connectivity index (χ4v) is 1.55. The fraction of sp³-hybridized carbons (Fsp3) is 0.143. The topological polar surface area (TPSA) is 97.8 Å². The van der Waals surface area contributed by atoms with E-state index >= 15 is 0 Å². The fourth-order valence-electron chi connectivity index (χ4n) is 1.40. The van der Waals surface area contributed by atoms with Crippen LogP contribution >= 0.6 is 12.2 Å². The van der Waals surface area contributed by atoms with Crippen LogP contribution in [-0.4, -0.2) is 34.2 Å². The molecule has 3 N–H and O–H groups in total. The lowest BCUT2D eigenvalue weighted by Crippen LogP contribution is -2.15. The van der Waals surface area contributed by atoms with Crippen LogP contribution in [0, 0.1) is 0 Å². The van der Waals surface area contributed by atoms with Gasteiger partial charge in [-0.15, -0.1) is 0 Å². The van der Waals surface area contributed by atoms with Crippen molar-refractivity contribution in [1.29, 1.82) is 0 Å². The van der Waals surface area contributed by atoms with Gasteiger partial charge in [-0.1, -0.05) is 18.3 Å². The Kier molecular flexibility index (Phi) is 6.22. The number of aliphatic carboxylic acids is 1. The zero-order valence-electron chi connectivity index (χ0n) is 11.4. The highest BCUT2D eigenvalue weighted by atomic mass is 32.1. The number of ether oxygens (including phenoxy) is 1. The quantitative estimate of drug-likeness (QED) is 0.453. The lowest BCUT2D eigenvalue weighted by molar-refractivity contribution is -0.129. The number of thiocarbonyl (C=S) groups is 1. The van der Waals surface area contributed by atoms with Gasteiger partial charge in [-0.25, -0.2) is 9.78 Å². The first kappa shape index (κ1) is 16.5. The zero-order valence-corrected chi connectivity index (χ0v) is 12.3. The molecule has 0 aliphatic rings. The van der Waals surface area contributed by atoms with Crippen molar-refractivity contribution < 1.29 is 14.6 Å². The van der Waals surface area contributed by atoms with E-state index in [4.69, 9.17) is 15.6 Å². The van der Waals surface area contributed by atoms with Crippen LogP contribution in [0.2, 0.25) is 0 Å². The van der Waals surface area contributed by atoms with E-state index in [1.54, 1.807) is 18.3 Å². The summed E-state index contributed by atoms with van der Waals surface area (Å²) in [6, 6.07) is 3.45. The number of aliphatic imine (C=N–C) groups is 1. The minimum Gasteiger partial charge on any atom is -0.477 e. The monoisotopic (exact) mass is 305 g/mol. The highest BCUT2D eigenvalue weighted by Gasteiger charge is 2.05. The first-order valence-corrected chi connectivity index (χ1v) is 6.34. The van der Waals surface area contributed by atoms with E-state index in [0.29, 0.717) is 5.88 Å². The molecule has 0 fully saturated rings. The van der Waals surface area contributed by atoms with Crippen molar-refractivity contribution in [1.82, 2.24) is 4.98 Å². The molecule has 0 aliphatic heterocycles. The third-order valence-corrected chi connectivity index (χ3v) is 2.68. The van der Waals surface area contributed by atoms with Crippen LogP contribution < -0.4 is 10.5 Å². The Labute approximate surface area is 127 Å². The summed E-state index contributed by atoms with van der Waals surface area (Å²) in [6.07, 6.45) is 4.59. The van der Waals surface area contributed by atoms with Gasteiger partial charge in [-0.05, 0) is 25.8 Å². The van der Waals surface area contributed by atoms with Gasteiger partial charge in [0.05, 0.1) is 5.70 Å².